The molecule has 0 saturated heterocycles. The molecule has 0 bridgehead atoms. The fourth-order valence-corrected chi connectivity index (χ4v) is 1.95. The van der Waals surface area contributed by atoms with Gasteiger partial charge in [-0.25, -0.2) is 0 Å². The summed E-state index contributed by atoms with van der Waals surface area (Å²) in [7, 11) is 1.54. The van der Waals surface area contributed by atoms with Crippen molar-refractivity contribution < 1.29 is 19.0 Å². The lowest BCUT2D eigenvalue weighted by atomic mass is 10.2. The highest BCUT2D eigenvalue weighted by atomic mass is 79.9. The van der Waals surface area contributed by atoms with Crippen molar-refractivity contribution >= 4 is 22.2 Å². The Balaban J connectivity index is 2.72. The lowest BCUT2D eigenvalue weighted by Crippen LogP contribution is -2.12. The third kappa shape index (κ3) is 4.31. The van der Waals surface area contributed by atoms with E-state index in [-0.39, 0.29) is 6.10 Å². The second kappa shape index (κ2) is 7.38. The summed E-state index contributed by atoms with van der Waals surface area (Å²) in [4.78, 5) is 10.7. The SMILES string of the molecule is COc1cc(C=O)cc(Br)c1OCCOC(C)C. The zero-order valence-corrected chi connectivity index (χ0v) is 12.3. The smallest absolute Gasteiger partial charge is 0.175 e. The third-order valence-corrected chi connectivity index (χ3v) is 2.76. The van der Waals surface area contributed by atoms with E-state index in [9.17, 15) is 4.79 Å². The fraction of sp³-hybridized carbons (Fsp3) is 0.462. The van der Waals surface area contributed by atoms with Crippen molar-refractivity contribution in [3.05, 3.63) is 22.2 Å². The largest absolute Gasteiger partial charge is 0.493 e. The molecule has 4 nitrogen and oxygen atoms in total. The van der Waals surface area contributed by atoms with E-state index in [1.54, 1.807) is 12.1 Å². The van der Waals surface area contributed by atoms with Crippen LogP contribution in [-0.4, -0.2) is 32.7 Å². The first-order chi connectivity index (χ1) is 8.58. The van der Waals surface area contributed by atoms with Crippen LogP contribution in [-0.2, 0) is 4.74 Å². The van der Waals surface area contributed by atoms with E-state index in [1.807, 2.05) is 13.8 Å². The minimum absolute atomic E-state index is 0.177. The highest BCUT2D eigenvalue weighted by Crippen LogP contribution is 2.36. The van der Waals surface area contributed by atoms with Gasteiger partial charge in [0.2, 0.25) is 0 Å². The number of benzene rings is 1. The van der Waals surface area contributed by atoms with E-state index >= 15 is 0 Å². The lowest BCUT2D eigenvalue weighted by Gasteiger charge is -2.14. The molecule has 1 rings (SSSR count). The van der Waals surface area contributed by atoms with Crippen LogP contribution in [0.2, 0.25) is 0 Å². The molecule has 0 spiro atoms. The van der Waals surface area contributed by atoms with Crippen LogP contribution in [0.15, 0.2) is 16.6 Å². The Labute approximate surface area is 115 Å². The molecular formula is C13H17BrO4. The summed E-state index contributed by atoms with van der Waals surface area (Å²) in [5.41, 5.74) is 0.532. The van der Waals surface area contributed by atoms with Gasteiger partial charge in [0.05, 0.1) is 24.3 Å². The number of aldehydes is 1. The fourth-order valence-electron chi connectivity index (χ4n) is 1.38. The number of ether oxygens (including phenoxy) is 3. The molecule has 1 aromatic rings. The van der Waals surface area contributed by atoms with Crippen molar-refractivity contribution in [2.45, 2.75) is 20.0 Å². The molecule has 0 aromatic heterocycles. The maximum Gasteiger partial charge on any atom is 0.175 e. The minimum Gasteiger partial charge on any atom is -0.493 e. The van der Waals surface area contributed by atoms with Gasteiger partial charge < -0.3 is 14.2 Å². The molecule has 1 aromatic carbocycles. The van der Waals surface area contributed by atoms with E-state index < -0.39 is 0 Å². The minimum atomic E-state index is 0.177. The van der Waals surface area contributed by atoms with Gasteiger partial charge in [-0.1, -0.05) is 0 Å². The maximum atomic E-state index is 10.7. The molecule has 0 aliphatic carbocycles. The number of halogens is 1. The number of carbonyl (C=O) groups is 1. The standard InChI is InChI=1S/C13H17BrO4/c1-9(2)17-4-5-18-13-11(14)6-10(8-15)7-12(13)16-3/h6-9H,4-5H2,1-3H3. The summed E-state index contributed by atoms with van der Waals surface area (Å²) in [6.45, 7) is 4.86. The topological polar surface area (TPSA) is 44.8 Å². The van der Waals surface area contributed by atoms with Gasteiger partial charge in [-0.05, 0) is 41.9 Å². The molecule has 0 N–H and O–H groups in total. The van der Waals surface area contributed by atoms with Crippen LogP contribution in [0.3, 0.4) is 0 Å². The molecule has 0 heterocycles. The first kappa shape index (κ1) is 15.0. The molecule has 0 atom stereocenters. The van der Waals surface area contributed by atoms with Crippen LogP contribution in [0.1, 0.15) is 24.2 Å². The summed E-state index contributed by atoms with van der Waals surface area (Å²) in [6, 6.07) is 3.32. The Morgan fingerprint density at radius 3 is 2.61 bits per heavy atom. The van der Waals surface area contributed by atoms with Gasteiger partial charge in [0.15, 0.2) is 11.5 Å². The predicted octanol–water partition coefficient (Wildman–Crippen LogP) is 3.07. The number of hydrogen-bond acceptors (Lipinski definition) is 4. The Bertz CT molecular complexity index is 404. The molecule has 0 aliphatic heterocycles. The van der Waals surface area contributed by atoms with Crippen molar-refractivity contribution in [1.29, 1.82) is 0 Å². The van der Waals surface area contributed by atoms with Crippen LogP contribution >= 0.6 is 15.9 Å². The molecular weight excluding hydrogens is 300 g/mol. The first-order valence-electron chi connectivity index (χ1n) is 5.65. The van der Waals surface area contributed by atoms with E-state index in [2.05, 4.69) is 15.9 Å². The van der Waals surface area contributed by atoms with E-state index in [1.165, 1.54) is 7.11 Å². The molecule has 0 saturated carbocycles. The Morgan fingerprint density at radius 1 is 1.33 bits per heavy atom. The van der Waals surface area contributed by atoms with Gasteiger partial charge in [0.1, 0.15) is 12.9 Å². The second-order valence-electron chi connectivity index (χ2n) is 3.92. The average molecular weight is 317 g/mol. The Hall–Kier alpha value is -1.07. The van der Waals surface area contributed by atoms with Gasteiger partial charge >= 0.3 is 0 Å². The second-order valence-corrected chi connectivity index (χ2v) is 4.77. The Kier molecular flexibility index (Phi) is 6.15. The molecule has 0 amide bonds. The van der Waals surface area contributed by atoms with E-state index in [0.717, 1.165) is 6.29 Å². The van der Waals surface area contributed by atoms with Gasteiger partial charge in [0, 0.05) is 5.56 Å². The summed E-state index contributed by atoms with van der Waals surface area (Å²) < 4.78 is 16.9. The zero-order chi connectivity index (χ0) is 13.5. The highest BCUT2D eigenvalue weighted by Gasteiger charge is 2.11. The Morgan fingerprint density at radius 2 is 2.06 bits per heavy atom. The van der Waals surface area contributed by atoms with E-state index in [0.29, 0.717) is 34.7 Å². The molecule has 100 valence electrons. The third-order valence-electron chi connectivity index (χ3n) is 2.17. The number of methoxy groups -OCH3 is 1. The van der Waals surface area contributed by atoms with Crippen molar-refractivity contribution in [1.82, 2.24) is 0 Å². The highest BCUT2D eigenvalue weighted by molar-refractivity contribution is 9.10. The van der Waals surface area contributed by atoms with Gasteiger partial charge in [-0.3, -0.25) is 4.79 Å². The molecule has 0 fully saturated rings. The quantitative estimate of drug-likeness (QED) is 0.573. The van der Waals surface area contributed by atoms with Gasteiger partial charge in [-0.2, -0.15) is 0 Å². The predicted molar refractivity (Wildman–Crippen MR) is 72.7 cm³/mol. The monoisotopic (exact) mass is 316 g/mol. The van der Waals surface area contributed by atoms with Crippen molar-refractivity contribution in [2.24, 2.45) is 0 Å². The average Bonchev–Trinajstić information content (AvgIpc) is 2.34. The number of carbonyl (C=O) groups excluding carboxylic acids is 1. The van der Waals surface area contributed by atoms with E-state index in [4.69, 9.17) is 14.2 Å². The van der Waals surface area contributed by atoms with Crippen LogP contribution in [0.4, 0.5) is 0 Å². The summed E-state index contributed by atoms with van der Waals surface area (Å²) in [6.07, 6.45) is 0.940. The first-order valence-corrected chi connectivity index (χ1v) is 6.45. The number of hydrogen-bond donors (Lipinski definition) is 0. The van der Waals surface area contributed by atoms with Crippen LogP contribution in [0.25, 0.3) is 0 Å². The molecule has 5 heteroatoms. The van der Waals surface area contributed by atoms with Crippen molar-refractivity contribution in [3.8, 4) is 11.5 Å². The summed E-state index contributed by atoms with van der Waals surface area (Å²) in [5.74, 6) is 1.10. The normalized spacial score (nSPS) is 10.5. The zero-order valence-electron chi connectivity index (χ0n) is 10.7. The molecule has 0 unspecified atom stereocenters. The van der Waals surface area contributed by atoms with Crippen molar-refractivity contribution in [3.63, 3.8) is 0 Å². The van der Waals surface area contributed by atoms with Crippen LogP contribution in [0, 0.1) is 0 Å². The summed E-state index contributed by atoms with van der Waals surface area (Å²) in [5, 5.41) is 0. The van der Waals surface area contributed by atoms with Crippen LogP contribution in [0.5, 0.6) is 11.5 Å². The summed E-state index contributed by atoms with van der Waals surface area (Å²) >= 11 is 3.36. The number of rotatable bonds is 7. The van der Waals surface area contributed by atoms with Crippen LogP contribution < -0.4 is 9.47 Å². The molecule has 0 radical (unpaired) electrons. The van der Waals surface area contributed by atoms with Gasteiger partial charge in [0.25, 0.3) is 0 Å². The lowest BCUT2D eigenvalue weighted by molar-refractivity contribution is 0.0545. The molecule has 0 aliphatic rings. The maximum absolute atomic E-state index is 10.7. The van der Waals surface area contributed by atoms with Gasteiger partial charge in [-0.15, -0.1) is 0 Å². The molecule has 18 heavy (non-hydrogen) atoms. The van der Waals surface area contributed by atoms with Crippen molar-refractivity contribution in [2.75, 3.05) is 20.3 Å².